The van der Waals surface area contributed by atoms with E-state index in [1.165, 1.54) is 22.0 Å². The van der Waals surface area contributed by atoms with Gasteiger partial charge in [0.05, 0.1) is 5.52 Å². The van der Waals surface area contributed by atoms with E-state index in [0.29, 0.717) is 5.92 Å². The van der Waals surface area contributed by atoms with E-state index >= 15 is 0 Å². The van der Waals surface area contributed by atoms with Crippen LogP contribution in [0.1, 0.15) is 30.9 Å². The lowest BCUT2D eigenvalue weighted by atomic mass is 10.0. The van der Waals surface area contributed by atoms with Crippen LogP contribution in [0.5, 0.6) is 0 Å². The first-order valence-electron chi connectivity index (χ1n) is 6.72. The summed E-state index contributed by atoms with van der Waals surface area (Å²) in [6.45, 7) is 5.37. The Morgan fingerprint density at radius 3 is 2.63 bits per heavy atom. The maximum atomic E-state index is 4.26. The number of pyridine rings is 1. The third-order valence-corrected chi connectivity index (χ3v) is 3.53. The zero-order valence-corrected chi connectivity index (χ0v) is 11.4. The molecule has 19 heavy (non-hydrogen) atoms. The Morgan fingerprint density at radius 2 is 1.89 bits per heavy atom. The third-order valence-electron chi connectivity index (χ3n) is 3.53. The molecule has 0 bridgehead atoms. The van der Waals surface area contributed by atoms with Crippen molar-refractivity contribution in [1.82, 2.24) is 9.55 Å². The molecule has 3 aromatic rings. The predicted molar refractivity (Wildman–Crippen MR) is 79.4 cm³/mol. The molecule has 0 unspecified atom stereocenters. The Balaban J connectivity index is 2.09. The van der Waals surface area contributed by atoms with E-state index in [4.69, 9.17) is 0 Å². The molecule has 0 N–H and O–H groups in total. The Morgan fingerprint density at radius 1 is 1.11 bits per heavy atom. The minimum absolute atomic E-state index is 0.517. The van der Waals surface area contributed by atoms with Crippen LogP contribution in [-0.2, 0) is 6.54 Å². The lowest BCUT2D eigenvalue weighted by Gasteiger charge is -2.05. The molecule has 0 radical (unpaired) electrons. The summed E-state index contributed by atoms with van der Waals surface area (Å²) >= 11 is 0. The van der Waals surface area contributed by atoms with E-state index in [1.54, 1.807) is 0 Å². The third kappa shape index (κ3) is 2.26. The second-order valence-electron chi connectivity index (χ2n) is 5.25. The molecule has 0 saturated carbocycles. The summed E-state index contributed by atoms with van der Waals surface area (Å²) in [6.07, 6.45) is 6.12. The molecule has 0 fully saturated rings. The average molecular weight is 250 g/mol. The molecule has 1 aromatic carbocycles. The summed E-state index contributed by atoms with van der Waals surface area (Å²) in [6, 6.07) is 12.7. The lowest BCUT2D eigenvalue weighted by Crippen LogP contribution is -1.97. The smallest absolute Gasteiger partial charge is 0.0517 e. The van der Waals surface area contributed by atoms with Crippen molar-refractivity contribution in [2.75, 3.05) is 0 Å². The standard InChI is InChI=1S/C17H18N2/c1-13(2)16-12-19(11-14-6-4-3-5-7-14)17-8-9-18-10-15(16)17/h3-10,12-13H,11H2,1-2H3. The second kappa shape index (κ2) is 4.88. The van der Waals surface area contributed by atoms with Gasteiger partial charge in [0.25, 0.3) is 0 Å². The van der Waals surface area contributed by atoms with Crippen LogP contribution in [0, 0.1) is 0 Å². The number of benzene rings is 1. The maximum Gasteiger partial charge on any atom is 0.0517 e. The molecule has 96 valence electrons. The largest absolute Gasteiger partial charge is 0.343 e. The van der Waals surface area contributed by atoms with Crippen molar-refractivity contribution >= 4 is 10.9 Å². The minimum atomic E-state index is 0.517. The number of rotatable bonds is 3. The van der Waals surface area contributed by atoms with Crippen molar-refractivity contribution in [2.45, 2.75) is 26.3 Å². The summed E-state index contributed by atoms with van der Waals surface area (Å²) < 4.78 is 2.32. The number of hydrogen-bond acceptors (Lipinski definition) is 1. The molecule has 0 spiro atoms. The van der Waals surface area contributed by atoms with Gasteiger partial charge in [-0.05, 0) is 23.1 Å². The molecule has 2 heterocycles. The van der Waals surface area contributed by atoms with Crippen LogP contribution in [0.3, 0.4) is 0 Å². The van der Waals surface area contributed by atoms with Gasteiger partial charge in [0.1, 0.15) is 0 Å². The number of aromatic nitrogens is 2. The SMILES string of the molecule is CC(C)c1cn(Cc2ccccc2)c2ccncc12. The Labute approximate surface area is 113 Å². The molecule has 0 aliphatic heterocycles. The van der Waals surface area contributed by atoms with Crippen LogP contribution in [0.4, 0.5) is 0 Å². The second-order valence-corrected chi connectivity index (χ2v) is 5.25. The summed E-state index contributed by atoms with van der Waals surface area (Å²) in [5, 5.41) is 1.27. The van der Waals surface area contributed by atoms with E-state index in [1.807, 2.05) is 12.4 Å². The highest BCUT2D eigenvalue weighted by molar-refractivity contribution is 5.83. The van der Waals surface area contributed by atoms with Gasteiger partial charge < -0.3 is 4.57 Å². The van der Waals surface area contributed by atoms with Crippen molar-refractivity contribution in [2.24, 2.45) is 0 Å². The van der Waals surface area contributed by atoms with Crippen molar-refractivity contribution < 1.29 is 0 Å². The molecule has 0 aliphatic rings. The van der Waals surface area contributed by atoms with Crippen molar-refractivity contribution in [1.29, 1.82) is 0 Å². The maximum absolute atomic E-state index is 4.26. The summed E-state index contributed by atoms with van der Waals surface area (Å²) in [5.41, 5.74) is 3.97. The van der Waals surface area contributed by atoms with Crippen molar-refractivity contribution in [3.05, 3.63) is 66.1 Å². The van der Waals surface area contributed by atoms with E-state index in [9.17, 15) is 0 Å². The summed E-state index contributed by atoms with van der Waals surface area (Å²) in [5.74, 6) is 0.517. The van der Waals surface area contributed by atoms with E-state index < -0.39 is 0 Å². The number of nitrogens with zero attached hydrogens (tertiary/aromatic N) is 2. The number of fused-ring (bicyclic) bond motifs is 1. The highest BCUT2D eigenvalue weighted by atomic mass is 15.0. The van der Waals surface area contributed by atoms with Crippen molar-refractivity contribution in [3.63, 3.8) is 0 Å². The van der Waals surface area contributed by atoms with Crippen LogP contribution in [0.2, 0.25) is 0 Å². The number of hydrogen-bond donors (Lipinski definition) is 0. The first kappa shape index (κ1) is 12.0. The molecule has 3 rings (SSSR count). The summed E-state index contributed by atoms with van der Waals surface area (Å²) in [7, 11) is 0. The molecular formula is C17H18N2. The molecule has 2 aromatic heterocycles. The van der Waals surface area contributed by atoms with Crippen LogP contribution >= 0.6 is 0 Å². The zero-order valence-electron chi connectivity index (χ0n) is 11.4. The van der Waals surface area contributed by atoms with Gasteiger partial charge in [-0.25, -0.2) is 0 Å². The Kier molecular flexibility index (Phi) is 3.08. The van der Waals surface area contributed by atoms with Gasteiger partial charge in [-0.1, -0.05) is 44.2 Å². The lowest BCUT2D eigenvalue weighted by molar-refractivity contribution is 0.809. The molecule has 0 saturated heterocycles. The van der Waals surface area contributed by atoms with Gasteiger partial charge >= 0.3 is 0 Å². The van der Waals surface area contributed by atoms with Crippen LogP contribution in [-0.4, -0.2) is 9.55 Å². The highest BCUT2D eigenvalue weighted by Gasteiger charge is 2.11. The molecule has 0 aliphatic carbocycles. The molecule has 2 nitrogen and oxygen atoms in total. The van der Waals surface area contributed by atoms with E-state index in [0.717, 1.165) is 6.54 Å². The fourth-order valence-electron chi connectivity index (χ4n) is 2.54. The minimum Gasteiger partial charge on any atom is -0.343 e. The summed E-state index contributed by atoms with van der Waals surface area (Å²) in [4.78, 5) is 4.26. The fraction of sp³-hybridized carbons (Fsp3) is 0.235. The first-order chi connectivity index (χ1) is 9.25. The fourth-order valence-corrected chi connectivity index (χ4v) is 2.54. The van der Waals surface area contributed by atoms with Crippen LogP contribution < -0.4 is 0 Å². The quantitative estimate of drug-likeness (QED) is 0.681. The average Bonchev–Trinajstić information content (AvgIpc) is 2.79. The van der Waals surface area contributed by atoms with Gasteiger partial charge in [0.2, 0.25) is 0 Å². The van der Waals surface area contributed by atoms with Gasteiger partial charge in [-0.15, -0.1) is 0 Å². The van der Waals surface area contributed by atoms with Crippen LogP contribution in [0.15, 0.2) is 55.0 Å². The van der Waals surface area contributed by atoms with Crippen molar-refractivity contribution in [3.8, 4) is 0 Å². The topological polar surface area (TPSA) is 17.8 Å². The van der Waals surface area contributed by atoms with Gasteiger partial charge in [-0.2, -0.15) is 0 Å². The molecular weight excluding hydrogens is 232 g/mol. The van der Waals surface area contributed by atoms with E-state index in [-0.39, 0.29) is 0 Å². The zero-order chi connectivity index (χ0) is 13.2. The first-order valence-corrected chi connectivity index (χ1v) is 6.72. The Bertz CT molecular complexity index is 681. The van der Waals surface area contributed by atoms with Gasteiger partial charge in [-0.3, -0.25) is 4.98 Å². The molecule has 0 atom stereocenters. The normalized spacial score (nSPS) is 11.3. The van der Waals surface area contributed by atoms with Gasteiger partial charge in [0.15, 0.2) is 0 Å². The molecule has 0 amide bonds. The monoisotopic (exact) mass is 250 g/mol. The van der Waals surface area contributed by atoms with Gasteiger partial charge in [0, 0.05) is 30.5 Å². The predicted octanol–water partition coefficient (Wildman–Crippen LogP) is 4.21. The van der Waals surface area contributed by atoms with E-state index in [2.05, 4.69) is 66.0 Å². The molecule has 2 heteroatoms. The van der Waals surface area contributed by atoms with Crippen LogP contribution in [0.25, 0.3) is 10.9 Å². The highest BCUT2D eigenvalue weighted by Crippen LogP contribution is 2.27. The Hall–Kier alpha value is -2.09.